The van der Waals surface area contributed by atoms with Gasteiger partial charge in [0, 0.05) is 95.6 Å². The zero-order chi connectivity index (χ0) is 59.9. The fourth-order valence-electron chi connectivity index (χ4n) is 7.36. The van der Waals surface area contributed by atoms with Crippen molar-refractivity contribution < 1.29 is 79.4 Å². The molecule has 6 heterocycles. The van der Waals surface area contributed by atoms with Crippen molar-refractivity contribution in [2.45, 2.75) is 39.3 Å². The molecule has 0 radical (unpaired) electrons. The van der Waals surface area contributed by atoms with E-state index in [9.17, 15) is 53.2 Å². The number of rotatable bonds is 16. The van der Waals surface area contributed by atoms with Gasteiger partial charge >= 0.3 is 31.6 Å². The molecule has 0 N–H and O–H groups in total. The van der Waals surface area contributed by atoms with Crippen LogP contribution in [0.5, 0.6) is 0 Å². The van der Waals surface area contributed by atoms with E-state index >= 15 is 0 Å². The van der Waals surface area contributed by atoms with Gasteiger partial charge in [-0.05, 0) is 113 Å². The first-order valence-corrected chi connectivity index (χ1v) is 27.6. The van der Waals surface area contributed by atoms with Crippen LogP contribution in [0.1, 0.15) is 27.7 Å². The Labute approximate surface area is 482 Å². The monoisotopic (exact) mass is 1230 g/mol. The second kappa shape index (κ2) is 31.4. The molecule has 0 amide bonds. The van der Waals surface area contributed by atoms with E-state index < -0.39 is 40.8 Å². The second-order valence-electron chi connectivity index (χ2n) is 17.1. The van der Waals surface area contributed by atoms with Gasteiger partial charge in [0.2, 0.25) is 0 Å². The topological polar surface area (TPSA) is 194 Å². The number of carbonyl (C=O) groups is 2. The summed E-state index contributed by atoms with van der Waals surface area (Å²) < 4.78 is 130. The number of hydrogen-bond donors (Lipinski definition) is 0. The summed E-state index contributed by atoms with van der Waals surface area (Å²) >= 11 is 0. The van der Waals surface area contributed by atoms with E-state index in [1.54, 1.807) is 65.3 Å². The molecule has 438 valence electrons. The first-order chi connectivity index (χ1) is 38.9. The third kappa shape index (κ3) is 19.5. The summed E-state index contributed by atoms with van der Waals surface area (Å²) in [6.45, 7) is 6.03. The molecule has 0 saturated heterocycles. The van der Waals surface area contributed by atoms with Crippen LogP contribution < -0.4 is 21.2 Å². The van der Waals surface area contributed by atoms with Crippen LogP contribution >= 0.6 is 14.7 Å². The first-order valence-electron chi connectivity index (χ1n) is 24.3. The molecule has 0 aliphatic rings. The van der Waals surface area contributed by atoms with Crippen LogP contribution in [0.15, 0.2) is 232 Å². The van der Waals surface area contributed by atoms with Gasteiger partial charge in [0.15, 0.2) is 0 Å². The molecule has 0 bridgehead atoms. The summed E-state index contributed by atoms with van der Waals surface area (Å²) in [5.74, 6) is -1.95. The summed E-state index contributed by atoms with van der Waals surface area (Å²) in [6, 6.07) is 47.9. The van der Waals surface area contributed by atoms with Crippen LogP contribution in [0.2, 0.25) is 0 Å². The van der Waals surface area contributed by atoms with Gasteiger partial charge in [-0.15, -0.1) is 0 Å². The first kappa shape index (κ1) is 67.5. The van der Waals surface area contributed by atoms with E-state index in [1.165, 1.54) is 27.7 Å². The molecule has 0 atom stereocenters. The normalized spacial score (nSPS) is 11.4. The maximum Gasteiger partial charge on any atom is 2.00 e. The summed E-state index contributed by atoms with van der Waals surface area (Å²) in [6.07, 6.45) is 20.9. The number of carbonyl (C=O) groups excluding carboxylic acids is 2. The van der Waals surface area contributed by atoms with Crippen molar-refractivity contribution in [1.29, 1.82) is 0 Å². The number of benzene rings is 4. The average Bonchev–Trinajstić information content (AvgIpc) is 4.51. The van der Waals surface area contributed by atoms with E-state index in [1.807, 2.05) is 195 Å². The van der Waals surface area contributed by atoms with E-state index in [0.29, 0.717) is 21.2 Å². The van der Waals surface area contributed by atoms with Gasteiger partial charge in [-0.3, -0.25) is 9.13 Å². The Morgan fingerprint density at radius 2 is 0.530 bits per heavy atom. The zero-order valence-electron chi connectivity index (χ0n) is 44.6. The molecule has 6 aromatic heterocycles. The van der Waals surface area contributed by atoms with Gasteiger partial charge in [-0.2, -0.15) is 30.6 Å². The number of hydrogen-bond acceptors (Lipinski definition) is 12. The molecular formula is C52H54B2F8FeN12O6P2. The molecule has 0 spiro atoms. The SMILES string of the molecule is CC(C)=O.CC(C)=O.F[B-](F)(F)F.F[B-](F)(F)F.O=P(OCC(n1cccn1)(n1cccn1)n1cccn1)(c1ccccc1)c1ccccc1.O=P(OCC(n1cccn1)(n1cccn1)n1cccn1)(c1ccccc1)c1ccccc1.[Fe+2]. The van der Waals surface area contributed by atoms with E-state index in [0.717, 1.165) is 0 Å². The van der Waals surface area contributed by atoms with E-state index in [4.69, 9.17) is 9.05 Å². The second-order valence-corrected chi connectivity index (χ2v) is 21.8. The molecule has 18 nitrogen and oxygen atoms in total. The van der Waals surface area contributed by atoms with Crippen molar-refractivity contribution in [3.8, 4) is 0 Å². The van der Waals surface area contributed by atoms with Crippen LogP contribution in [0.3, 0.4) is 0 Å². The van der Waals surface area contributed by atoms with Crippen LogP contribution in [0.25, 0.3) is 0 Å². The largest absolute Gasteiger partial charge is 2.00 e. The number of halogens is 8. The fraction of sp³-hybridized carbons (Fsp3) is 0.154. The molecule has 0 unspecified atom stereocenters. The van der Waals surface area contributed by atoms with Crippen molar-refractivity contribution in [3.05, 3.63) is 232 Å². The fourth-order valence-corrected chi connectivity index (χ4v) is 11.5. The molecule has 83 heavy (non-hydrogen) atoms. The van der Waals surface area contributed by atoms with Crippen molar-refractivity contribution in [3.63, 3.8) is 0 Å². The maximum atomic E-state index is 14.5. The predicted octanol–water partition coefficient (Wildman–Crippen LogP) is 9.65. The van der Waals surface area contributed by atoms with Crippen molar-refractivity contribution >= 4 is 62.0 Å². The molecule has 0 aliphatic heterocycles. The Kier molecular flexibility index (Phi) is 25.5. The Morgan fingerprint density at radius 1 is 0.373 bits per heavy atom. The number of nitrogens with zero attached hydrogens (tertiary/aromatic N) is 12. The molecular weight excluding hydrogens is 1180 g/mol. The summed E-state index contributed by atoms with van der Waals surface area (Å²) in [5, 5.41) is 29.3. The molecule has 0 aliphatic carbocycles. The number of Topliss-reactive ketones (excluding diaryl/α,β-unsaturated/α-hetero) is 2. The molecule has 0 saturated carbocycles. The summed E-state index contributed by atoms with van der Waals surface area (Å²) in [7, 11) is -18.9. The molecule has 4 aromatic carbocycles. The van der Waals surface area contributed by atoms with Crippen molar-refractivity contribution in [1.82, 2.24) is 58.7 Å². The van der Waals surface area contributed by atoms with Gasteiger partial charge in [0.1, 0.15) is 24.8 Å². The van der Waals surface area contributed by atoms with E-state index in [2.05, 4.69) is 30.6 Å². The minimum Gasteiger partial charge on any atom is -0.418 e. The number of ketones is 2. The third-order valence-corrected chi connectivity index (χ3v) is 15.4. The minimum absolute atomic E-state index is 0. The molecule has 31 heteroatoms. The Balaban J connectivity index is 0.000000274. The molecule has 10 aromatic rings. The molecule has 0 fully saturated rings. The Hall–Kier alpha value is -8.05. The van der Waals surface area contributed by atoms with Crippen LogP contribution in [-0.4, -0.2) is 98.0 Å². The smallest absolute Gasteiger partial charge is 0.418 e. The van der Waals surface area contributed by atoms with Gasteiger partial charge in [-0.25, -0.2) is 28.1 Å². The van der Waals surface area contributed by atoms with E-state index in [-0.39, 0.29) is 41.8 Å². The van der Waals surface area contributed by atoms with Crippen molar-refractivity contribution in [2.75, 3.05) is 13.2 Å². The van der Waals surface area contributed by atoms with Crippen LogP contribution in [0.4, 0.5) is 34.5 Å². The predicted molar refractivity (Wildman–Crippen MR) is 295 cm³/mol. The van der Waals surface area contributed by atoms with Crippen LogP contribution in [-0.2, 0) is 56.4 Å². The van der Waals surface area contributed by atoms with Crippen LogP contribution in [0, 0.1) is 0 Å². The Morgan fingerprint density at radius 3 is 0.663 bits per heavy atom. The third-order valence-electron chi connectivity index (χ3n) is 10.5. The number of aromatic nitrogens is 12. The average molecular weight is 1230 g/mol. The van der Waals surface area contributed by atoms with Gasteiger partial charge < -0.3 is 53.2 Å². The Bertz CT molecular complexity index is 2970. The minimum atomic E-state index is -6.00. The molecule has 10 rings (SSSR count). The zero-order valence-corrected chi connectivity index (χ0v) is 47.5. The standard InChI is InChI=1S/2C23H21N6O2P.2C3H6O.2BF4.Fe/c2*30-32(21-10-3-1-4-11-21,22-12-5-2-6-13-22)31-20-23(27-17-7-14-24-27,28-18-8-15-25-28)29-19-9-16-26-29;2*1-3(2)4;2*2-1(3,4)5;/h2*1-19H,20H2;2*1-2H3;;;/q;;;;2*-1;+2. The van der Waals surface area contributed by atoms with Crippen molar-refractivity contribution in [2.24, 2.45) is 0 Å². The summed E-state index contributed by atoms with van der Waals surface area (Å²) in [4.78, 5) is 18.9. The van der Waals surface area contributed by atoms with Gasteiger partial charge in [0.05, 0.1) is 0 Å². The quantitative estimate of drug-likeness (QED) is 0.0506. The van der Waals surface area contributed by atoms with Gasteiger partial charge in [0.25, 0.3) is 26.3 Å². The summed E-state index contributed by atoms with van der Waals surface area (Å²) in [5.41, 5.74) is 0. The van der Waals surface area contributed by atoms with Gasteiger partial charge in [-0.1, -0.05) is 72.8 Å². The maximum absolute atomic E-state index is 14.5.